The molecule has 4 nitrogen and oxygen atoms in total. The van der Waals surface area contributed by atoms with E-state index in [4.69, 9.17) is 11.5 Å². The molecule has 0 aliphatic heterocycles. The Labute approximate surface area is 102 Å². The van der Waals surface area contributed by atoms with Gasteiger partial charge in [-0.25, -0.2) is 0 Å². The van der Waals surface area contributed by atoms with E-state index in [0.717, 1.165) is 10.0 Å². The quantitative estimate of drug-likeness (QED) is 0.853. The average Bonchev–Trinajstić information content (AvgIpc) is 2.17. The summed E-state index contributed by atoms with van der Waals surface area (Å²) in [4.78, 5) is 22.0. The molecule has 1 aromatic rings. The van der Waals surface area contributed by atoms with Gasteiger partial charge in [0.25, 0.3) is 0 Å². The highest BCUT2D eigenvalue weighted by molar-refractivity contribution is 9.10. The Kier molecular flexibility index (Phi) is 4.49. The molecule has 5 heteroatoms. The van der Waals surface area contributed by atoms with Gasteiger partial charge in [0.15, 0.2) is 0 Å². The van der Waals surface area contributed by atoms with E-state index in [1.54, 1.807) is 6.07 Å². The number of benzene rings is 1. The highest BCUT2D eigenvalue weighted by Crippen LogP contribution is 2.23. The lowest BCUT2D eigenvalue weighted by atomic mass is 9.93. The van der Waals surface area contributed by atoms with Crippen LogP contribution >= 0.6 is 15.9 Å². The standard InChI is InChI=1S/C11H13BrN2O2/c12-8-3-1-2-7(6-8)9(11(14)16)4-5-10(13)15/h1-3,6,9H,4-5H2,(H2,13,15)(H2,14,16). The van der Waals surface area contributed by atoms with Crippen LogP contribution in [0.1, 0.15) is 24.3 Å². The largest absolute Gasteiger partial charge is 0.370 e. The van der Waals surface area contributed by atoms with Crippen LogP contribution in [0.5, 0.6) is 0 Å². The van der Waals surface area contributed by atoms with E-state index in [1.807, 2.05) is 18.2 Å². The lowest BCUT2D eigenvalue weighted by molar-refractivity contribution is -0.120. The smallest absolute Gasteiger partial charge is 0.224 e. The minimum Gasteiger partial charge on any atom is -0.370 e. The van der Waals surface area contributed by atoms with Crippen molar-refractivity contribution < 1.29 is 9.59 Å². The summed E-state index contributed by atoms with van der Waals surface area (Å²) in [6, 6.07) is 7.30. The minimum absolute atomic E-state index is 0.153. The SMILES string of the molecule is NC(=O)CCC(C(N)=O)c1cccc(Br)c1. The second-order valence-corrected chi connectivity index (χ2v) is 4.43. The van der Waals surface area contributed by atoms with Gasteiger partial charge in [0.1, 0.15) is 0 Å². The highest BCUT2D eigenvalue weighted by Gasteiger charge is 2.18. The van der Waals surface area contributed by atoms with Crippen LogP contribution in [0.2, 0.25) is 0 Å². The third kappa shape index (κ3) is 3.66. The minimum atomic E-state index is -0.468. The Balaban J connectivity index is 2.85. The van der Waals surface area contributed by atoms with Gasteiger partial charge in [0.2, 0.25) is 11.8 Å². The topological polar surface area (TPSA) is 86.2 Å². The summed E-state index contributed by atoms with van der Waals surface area (Å²) in [5.74, 6) is -1.34. The van der Waals surface area contributed by atoms with Crippen LogP contribution in [0, 0.1) is 0 Å². The Hall–Kier alpha value is -1.36. The van der Waals surface area contributed by atoms with Crippen molar-refractivity contribution in [3.63, 3.8) is 0 Å². The number of carbonyl (C=O) groups is 2. The van der Waals surface area contributed by atoms with Gasteiger partial charge < -0.3 is 11.5 Å². The molecule has 0 aromatic heterocycles. The molecular formula is C11H13BrN2O2. The molecule has 4 N–H and O–H groups in total. The van der Waals surface area contributed by atoms with Crippen molar-refractivity contribution >= 4 is 27.7 Å². The number of halogens is 1. The first-order chi connectivity index (χ1) is 7.50. The summed E-state index contributed by atoms with van der Waals surface area (Å²) >= 11 is 3.32. The molecule has 0 spiro atoms. The molecule has 0 fully saturated rings. The first-order valence-corrected chi connectivity index (χ1v) is 5.63. The van der Waals surface area contributed by atoms with Crippen LogP contribution in [0.3, 0.4) is 0 Å². The van der Waals surface area contributed by atoms with E-state index in [-0.39, 0.29) is 6.42 Å². The lowest BCUT2D eigenvalue weighted by Gasteiger charge is -2.12. The molecule has 16 heavy (non-hydrogen) atoms. The van der Waals surface area contributed by atoms with Crippen LogP contribution in [0.25, 0.3) is 0 Å². The molecule has 1 atom stereocenters. The van der Waals surface area contributed by atoms with E-state index in [9.17, 15) is 9.59 Å². The zero-order valence-electron chi connectivity index (χ0n) is 8.65. The number of rotatable bonds is 5. The Morgan fingerprint density at radius 1 is 1.31 bits per heavy atom. The summed E-state index contributed by atoms with van der Waals surface area (Å²) in [5, 5.41) is 0. The Morgan fingerprint density at radius 2 is 2.00 bits per heavy atom. The summed E-state index contributed by atoms with van der Waals surface area (Å²) in [6.45, 7) is 0. The fraction of sp³-hybridized carbons (Fsp3) is 0.273. The van der Waals surface area contributed by atoms with Crippen LogP contribution in [0.4, 0.5) is 0 Å². The molecule has 0 saturated carbocycles. The predicted molar refractivity (Wildman–Crippen MR) is 64.5 cm³/mol. The first-order valence-electron chi connectivity index (χ1n) is 4.84. The molecule has 0 saturated heterocycles. The maximum atomic E-state index is 11.3. The third-order valence-corrected chi connectivity index (χ3v) is 2.77. The first kappa shape index (κ1) is 12.7. The van der Waals surface area contributed by atoms with Gasteiger partial charge in [-0.05, 0) is 24.1 Å². The van der Waals surface area contributed by atoms with Gasteiger partial charge in [0.05, 0.1) is 5.92 Å². The molecule has 0 aliphatic rings. The van der Waals surface area contributed by atoms with Gasteiger partial charge in [-0.15, -0.1) is 0 Å². The van der Waals surface area contributed by atoms with Gasteiger partial charge >= 0.3 is 0 Å². The maximum Gasteiger partial charge on any atom is 0.224 e. The number of primary amides is 2. The van der Waals surface area contributed by atoms with Gasteiger partial charge in [-0.2, -0.15) is 0 Å². The molecular weight excluding hydrogens is 272 g/mol. The van der Waals surface area contributed by atoms with E-state index in [0.29, 0.717) is 6.42 Å². The molecule has 1 aromatic carbocycles. The van der Waals surface area contributed by atoms with Crippen LogP contribution in [-0.4, -0.2) is 11.8 Å². The normalized spacial score (nSPS) is 12.1. The van der Waals surface area contributed by atoms with Crippen molar-refractivity contribution in [2.24, 2.45) is 11.5 Å². The average molecular weight is 285 g/mol. The fourth-order valence-electron chi connectivity index (χ4n) is 1.48. The van der Waals surface area contributed by atoms with E-state index in [1.165, 1.54) is 0 Å². The number of hydrogen-bond acceptors (Lipinski definition) is 2. The molecule has 1 rings (SSSR count). The van der Waals surface area contributed by atoms with E-state index >= 15 is 0 Å². The van der Waals surface area contributed by atoms with Gasteiger partial charge in [-0.3, -0.25) is 9.59 Å². The summed E-state index contributed by atoms with van der Waals surface area (Å²) < 4.78 is 0.871. The fourth-order valence-corrected chi connectivity index (χ4v) is 1.90. The van der Waals surface area contributed by atoms with Crippen molar-refractivity contribution in [3.8, 4) is 0 Å². The highest BCUT2D eigenvalue weighted by atomic mass is 79.9. The zero-order chi connectivity index (χ0) is 12.1. The Bertz CT molecular complexity index is 407. The Morgan fingerprint density at radius 3 is 2.50 bits per heavy atom. The third-order valence-electron chi connectivity index (χ3n) is 2.27. The molecule has 0 radical (unpaired) electrons. The van der Waals surface area contributed by atoms with Gasteiger partial charge in [0, 0.05) is 10.9 Å². The van der Waals surface area contributed by atoms with Crippen LogP contribution in [0.15, 0.2) is 28.7 Å². The van der Waals surface area contributed by atoms with Crippen molar-refractivity contribution in [2.75, 3.05) is 0 Å². The monoisotopic (exact) mass is 284 g/mol. The number of amides is 2. The zero-order valence-corrected chi connectivity index (χ0v) is 10.2. The van der Waals surface area contributed by atoms with E-state index in [2.05, 4.69) is 15.9 Å². The molecule has 0 bridgehead atoms. The second kappa shape index (κ2) is 5.65. The van der Waals surface area contributed by atoms with Crippen molar-refractivity contribution in [3.05, 3.63) is 34.3 Å². The number of nitrogens with two attached hydrogens (primary N) is 2. The lowest BCUT2D eigenvalue weighted by Crippen LogP contribution is -2.23. The number of carbonyl (C=O) groups excluding carboxylic acids is 2. The summed E-state index contributed by atoms with van der Waals surface area (Å²) in [5.41, 5.74) is 11.1. The van der Waals surface area contributed by atoms with Crippen LogP contribution in [-0.2, 0) is 9.59 Å². The van der Waals surface area contributed by atoms with Gasteiger partial charge in [-0.1, -0.05) is 28.1 Å². The molecule has 2 amide bonds. The maximum absolute atomic E-state index is 11.3. The van der Waals surface area contributed by atoms with E-state index < -0.39 is 17.7 Å². The summed E-state index contributed by atoms with van der Waals surface area (Å²) in [6.07, 6.45) is 0.501. The molecule has 86 valence electrons. The van der Waals surface area contributed by atoms with Crippen LogP contribution < -0.4 is 11.5 Å². The number of hydrogen-bond donors (Lipinski definition) is 2. The molecule has 0 heterocycles. The molecule has 0 aliphatic carbocycles. The van der Waals surface area contributed by atoms with Crippen molar-refractivity contribution in [2.45, 2.75) is 18.8 Å². The second-order valence-electron chi connectivity index (χ2n) is 3.51. The predicted octanol–water partition coefficient (Wildman–Crippen LogP) is 1.28. The summed E-state index contributed by atoms with van der Waals surface area (Å²) in [7, 11) is 0. The van der Waals surface area contributed by atoms with Crippen molar-refractivity contribution in [1.29, 1.82) is 0 Å². The molecule has 1 unspecified atom stereocenters. The van der Waals surface area contributed by atoms with Crippen molar-refractivity contribution in [1.82, 2.24) is 0 Å².